The molecule has 0 rings (SSSR count). The average molecular weight is 310 g/mol. The van der Waals surface area contributed by atoms with Gasteiger partial charge in [0, 0.05) is 13.1 Å². The normalized spacial score (nSPS) is 11.5. The molecule has 0 unspecified atom stereocenters. The van der Waals surface area contributed by atoms with Gasteiger partial charge in [0.1, 0.15) is 11.6 Å². The summed E-state index contributed by atoms with van der Waals surface area (Å²) in [7, 11) is 0. The summed E-state index contributed by atoms with van der Waals surface area (Å²) in [6.45, 7) is 3.08. The number of ether oxygens (including phenoxy) is 1. The van der Waals surface area contributed by atoms with E-state index in [0.29, 0.717) is 19.7 Å². The molecule has 0 fully saturated rings. The first-order valence-corrected chi connectivity index (χ1v) is 7.61. The van der Waals surface area contributed by atoms with E-state index < -0.39 is 5.97 Å². The third-order valence-corrected chi connectivity index (χ3v) is 2.91. The lowest BCUT2D eigenvalue weighted by Gasteiger charge is -2.16. The van der Waals surface area contributed by atoms with E-state index in [9.17, 15) is 4.79 Å². The largest absolute Gasteiger partial charge is 0.462 e. The Kier molecular flexibility index (Phi) is 12.9. The van der Waals surface area contributed by atoms with E-state index in [1.165, 1.54) is 12.2 Å². The standard InChI is InChI=1S/C16H26N2O4/c1-2-3-4-5-13-22-16(21)15(14-17)7-6-8-18(9-11-19)10-12-20/h6-8,19-20H,2-5,9-13H2,1H3/b8-6+,15-7+. The number of hydrogen-bond acceptors (Lipinski definition) is 6. The maximum Gasteiger partial charge on any atom is 0.348 e. The van der Waals surface area contributed by atoms with Gasteiger partial charge in [-0.05, 0) is 24.8 Å². The highest BCUT2D eigenvalue weighted by Gasteiger charge is 2.09. The predicted molar refractivity (Wildman–Crippen MR) is 83.7 cm³/mol. The van der Waals surface area contributed by atoms with Crippen LogP contribution in [0.1, 0.15) is 32.6 Å². The first kappa shape index (κ1) is 20.2. The Balaban J connectivity index is 4.35. The van der Waals surface area contributed by atoms with E-state index in [1.54, 1.807) is 11.1 Å². The van der Waals surface area contributed by atoms with Gasteiger partial charge in [0.15, 0.2) is 0 Å². The highest BCUT2D eigenvalue weighted by Crippen LogP contribution is 2.02. The van der Waals surface area contributed by atoms with Crippen molar-refractivity contribution in [2.45, 2.75) is 32.6 Å². The van der Waals surface area contributed by atoms with Crippen LogP contribution in [0.2, 0.25) is 0 Å². The zero-order chi connectivity index (χ0) is 16.6. The van der Waals surface area contributed by atoms with Crippen molar-refractivity contribution >= 4 is 5.97 Å². The molecule has 0 saturated heterocycles. The van der Waals surface area contributed by atoms with Crippen LogP contribution in [0.5, 0.6) is 0 Å². The third kappa shape index (κ3) is 9.97. The lowest BCUT2D eigenvalue weighted by molar-refractivity contribution is -0.138. The SMILES string of the molecule is CCCCCCOC(=O)/C(C#N)=C/C=C/N(CCO)CCO. The molecule has 0 atom stereocenters. The number of nitriles is 1. The minimum atomic E-state index is -0.625. The van der Waals surface area contributed by atoms with Crippen LogP contribution >= 0.6 is 0 Å². The van der Waals surface area contributed by atoms with Gasteiger partial charge < -0.3 is 19.8 Å². The Labute approximate surface area is 132 Å². The second-order valence-corrected chi connectivity index (χ2v) is 4.71. The lowest BCUT2D eigenvalue weighted by atomic mass is 10.2. The molecule has 22 heavy (non-hydrogen) atoms. The van der Waals surface area contributed by atoms with Crippen LogP contribution in [0.3, 0.4) is 0 Å². The number of hydrogen-bond donors (Lipinski definition) is 2. The summed E-state index contributed by atoms with van der Waals surface area (Å²) in [5.41, 5.74) is -0.0697. The predicted octanol–water partition coefficient (Wildman–Crippen LogP) is 1.36. The van der Waals surface area contributed by atoms with Crippen LogP contribution in [0, 0.1) is 11.3 Å². The topological polar surface area (TPSA) is 93.8 Å². The zero-order valence-corrected chi connectivity index (χ0v) is 13.2. The van der Waals surface area contributed by atoms with Crippen LogP contribution < -0.4 is 0 Å². The van der Waals surface area contributed by atoms with Gasteiger partial charge in [0.2, 0.25) is 0 Å². The molecule has 0 spiro atoms. The number of esters is 1. The van der Waals surface area contributed by atoms with Crippen LogP contribution in [-0.4, -0.2) is 54.0 Å². The smallest absolute Gasteiger partial charge is 0.348 e. The molecule has 0 amide bonds. The summed E-state index contributed by atoms with van der Waals surface area (Å²) in [4.78, 5) is 13.4. The fourth-order valence-electron chi connectivity index (χ4n) is 1.70. The Morgan fingerprint density at radius 1 is 1.23 bits per heavy atom. The van der Waals surface area contributed by atoms with Crippen molar-refractivity contribution in [3.63, 3.8) is 0 Å². The summed E-state index contributed by atoms with van der Waals surface area (Å²) in [5.74, 6) is -0.625. The first-order chi connectivity index (χ1) is 10.7. The van der Waals surface area contributed by atoms with E-state index in [-0.39, 0.29) is 18.8 Å². The fraction of sp³-hybridized carbons (Fsp3) is 0.625. The van der Waals surface area contributed by atoms with Crippen molar-refractivity contribution in [1.82, 2.24) is 4.90 Å². The van der Waals surface area contributed by atoms with Crippen LogP contribution in [0.4, 0.5) is 0 Å². The van der Waals surface area contributed by atoms with Crippen LogP contribution in [0.25, 0.3) is 0 Å². The van der Waals surface area contributed by atoms with E-state index >= 15 is 0 Å². The Hall–Kier alpha value is -1.84. The molecule has 6 nitrogen and oxygen atoms in total. The van der Waals surface area contributed by atoms with E-state index in [1.807, 2.05) is 6.07 Å². The van der Waals surface area contributed by atoms with Crippen molar-refractivity contribution in [3.05, 3.63) is 23.9 Å². The zero-order valence-electron chi connectivity index (χ0n) is 13.2. The number of nitrogens with zero attached hydrogens (tertiary/aromatic N) is 2. The van der Waals surface area contributed by atoms with Crippen molar-refractivity contribution in [2.24, 2.45) is 0 Å². The Morgan fingerprint density at radius 3 is 2.45 bits per heavy atom. The monoisotopic (exact) mass is 310 g/mol. The van der Waals surface area contributed by atoms with Gasteiger partial charge in [-0.15, -0.1) is 0 Å². The maximum atomic E-state index is 11.7. The van der Waals surface area contributed by atoms with Crippen molar-refractivity contribution in [1.29, 1.82) is 5.26 Å². The molecule has 0 aromatic carbocycles. The Bertz CT molecular complexity index is 393. The van der Waals surface area contributed by atoms with Crippen molar-refractivity contribution in [3.8, 4) is 6.07 Å². The highest BCUT2D eigenvalue weighted by atomic mass is 16.5. The van der Waals surface area contributed by atoms with Gasteiger partial charge in [0.25, 0.3) is 0 Å². The average Bonchev–Trinajstić information content (AvgIpc) is 2.51. The van der Waals surface area contributed by atoms with E-state index in [0.717, 1.165) is 25.7 Å². The summed E-state index contributed by atoms with van der Waals surface area (Å²) < 4.78 is 5.04. The third-order valence-electron chi connectivity index (χ3n) is 2.91. The Morgan fingerprint density at radius 2 is 1.91 bits per heavy atom. The molecular formula is C16H26N2O4. The number of aliphatic hydroxyl groups is 2. The van der Waals surface area contributed by atoms with Gasteiger partial charge in [0.05, 0.1) is 19.8 Å². The van der Waals surface area contributed by atoms with Crippen LogP contribution in [-0.2, 0) is 9.53 Å². The summed E-state index contributed by atoms with van der Waals surface area (Å²) in [6, 6.07) is 1.81. The molecule has 0 aliphatic carbocycles. The minimum Gasteiger partial charge on any atom is -0.462 e. The summed E-state index contributed by atoms with van der Waals surface area (Å²) >= 11 is 0. The molecule has 0 saturated carbocycles. The van der Waals surface area contributed by atoms with Crippen molar-refractivity contribution < 1.29 is 19.7 Å². The molecule has 0 heterocycles. The molecule has 0 aliphatic heterocycles. The van der Waals surface area contributed by atoms with Gasteiger partial charge in [-0.3, -0.25) is 0 Å². The number of carbonyl (C=O) groups is 1. The minimum absolute atomic E-state index is 0.0427. The molecule has 0 aliphatic rings. The second kappa shape index (κ2) is 14.1. The van der Waals surface area contributed by atoms with Gasteiger partial charge >= 0.3 is 5.97 Å². The van der Waals surface area contributed by atoms with Crippen molar-refractivity contribution in [2.75, 3.05) is 32.9 Å². The van der Waals surface area contributed by atoms with Gasteiger partial charge in [-0.25, -0.2) is 4.79 Å². The highest BCUT2D eigenvalue weighted by molar-refractivity contribution is 5.93. The number of carbonyl (C=O) groups excluding carboxylic acids is 1. The van der Waals surface area contributed by atoms with Gasteiger partial charge in [-0.1, -0.05) is 26.2 Å². The molecule has 0 aromatic heterocycles. The quantitative estimate of drug-likeness (QED) is 0.186. The molecule has 2 N–H and O–H groups in total. The molecule has 0 bridgehead atoms. The second-order valence-electron chi connectivity index (χ2n) is 4.71. The van der Waals surface area contributed by atoms with Crippen LogP contribution in [0.15, 0.2) is 23.9 Å². The molecule has 6 heteroatoms. The number of unbranched alkanes of at least 4 members (excludes halogenated alkanes) is 3. The molecule has 0 aromatic rings. The number of allylic oxidation sites excluding steroid dienone is 2. The van der Waals surface area contributed by atoms with E-state index in [2.05, 4.69) is 6.92 Å². The number of aliphatic hydroxyl groups excluding tert-OH is 2. The molecule has 124 valence electrons. The number of rotatable bonds is 12. The molecular weight excluding hydrogens is 284 g/mol. The summed E-state index contributed by atoms with van der Waals surface area (Å²) in [5, 5.41) is 26.7. The van der Waals surface area contributed by atoms with Gasteiger partial charge in [-0.2, -0.15) is 5.26 Å². The fourth-order valence-corrected chi connectivity index (χ4v) is 1.70. The summed E-state index contributed by atoms with van der Waals surface area (Å²) in [6.07, 6.45) is 8.53. The van der Waals surface area contributed by atoms with E-state index in [4.69, 9.17) is 20.2 Å². The first-order valence-electron chi connectivity index (χ1n) is 7.61. The molecule has 0 radical (unpaired) electrons. The maximum absolute atomic E-state index is 11.7. The lowest BCUT2D eigenvalue weighted by Crippen LogP contribution is -2.24.